The zero-order valence-electron chi connectivity index (χ0n) is 21.3. The molecule has 0 saturated heterocycles. The molecule has 0 aromatic heterocycles. The number of benzene rings is 4. The third-order valence-corrected chi connectivity index (χ3v) is 8.37. The smallest absolute Gasteiger partial charge is 0.0608 e. The van der Waals surface area contributed by atoms with E-state index in [9.17, 15) is 0 Å². The summed E-state index contributed by atoms with van der Waals surface area (Å²) in [6, 6.07) is 32.0. The molecule has 178 valence electrons. The summed E-state index contributed by atoms with van der Waals surface area (Å²) in [7, 11) is 0. The molecule has 0 unspecified atom stereocenters. The Morgan fingerprint density at radius 3 is 1.26 bits per heavy atom. The van der Waals surface area contributed by atoms with E-state index >= 15 is 0 Å². The SMILES string of the molecule is CC(C)(C)c1ccc2c(c1)C(c1cccc(Br)c1)(c1cccc(Br)c1)c1cc(C(C)(C)C)ccc1-2. The summed E-state index contributed by atoms with van der Waals surface area (Å²) in [6.45, 7) is 13.8. The normalized spacial score (nSPS) is 14.5. The van der Waals surface area contributed by atoms with Crippen LogP contribution in [0.25, 0.3) is 11.1 Å². The van der Waals surface area contributed by atoms with Gasteiger partial charge in [-0.25, -0.2) is 0 Å². The van der Waals surface area contributed by atoms with Gasteiger partial charge in [-0.05, 0) is 79.6 Å². The highest BCUT2D eigenvalue weighted by molar-refractivity contribution is 9.10. The molecule has 4 aromatic carbocycles. The van der Waals surface area contributed by atoms with Crippen molar-refractivity contribution < 1.29 is 0 Å². The molecule has 0 bridgehead atoms. The van der Waals surface area contributed by atoms with Gasteiger partial charge in [-0.1, -0.05) is 134 Å². The van der Waals surface area contributed by atoms with E-state index in [0.29, 0.717) is 0 Å². The van der Waals surface area contributed by atoms with Gasteiger partial charge in [-0.15, -0.1) is 0 Å². The van der Waals surface area contributed by atoms with Crippen molar-refractivity contribution >= 4 is 31.9 Å². The van der Waals surface area contributed by atoms with E-state index in [-0.39, 0.29) is 10.8 Å². The summed E-state index contributed by atoms with van der Waals surface area (Å²) in [5.41, 5.74) is 10.3. The van der Waals surface area contributed by atoms with Crippen LogP contribution in [0.2, 0.25) is 0 Å². The second-order valence-corrected chi connectivity index (χ2v) is 13.6. The zero-order chi connectivity index (χ0) is 25.2. The second kappa shape index (κ2) is 8.46. The van der Waals surface area contributed by atoms with E-state index in [1.807, 2.05) is 0 Å². The highest BCUT2D eigenvalue weighted by Gasteiger charge is 2.47. The standard InChI is InChI=1S/C33H32Br2/c1-31(2,3)21-13-15-27-28-16-14-22(32(4,5)6)20-30(28)33(29(27)19-21,23-9-7-11-25(34)17-23)24-10-8-12-26(35)18-24/h7-20H,1-6H3. The molecule has 0 spiro atoms. The van der Waals surface area contributed by atoms with Crippen LogP contribution < -0.4 is 0 Å². The molecule has 0 fully saturated rings. The van der Waals surface area contributed by atoms with Crippen molar-refractivity contribution in [2.45, 2.75) is 57.8 Å². The minimum Gasteiger partial charge on any atom is -0.0608 e. The van der Waals surface area contributed by atoms with E-state index in [2.05, 4.69) is 158 Å². The fourth-order valence-electron chi connectivity index (χ4n) is 5.49. The predicted octanol–water partition coefficient (Wildman–Crippen LogP) is 10.2. The van der Waals surface area contributed by atoms with E-state index in [0.717, 1.165) is 8.95 Å². The van der Waals surface area contributed by atoms with Gasteiger partial charge in [-0.2, -0.15) is 0 Å². The van der Waals surface area contributed by atoms with Crippen molar-refractivity contribution in [3.8, 4) is 11.1 Å². The molecular formula is C33H32Br2. The lowest BCUT2D eigenvalue weighted by atomic mass is 9.66. The Morgan fingerprint density at radius 2 is 0.914 bits per heavy atom. The highest BCUT2D eigenvalue weighted by atomic mass is 79.9. The first-order chi connectivity index (χ1) is 16.4. The molecule has 2 heteroatoms. The van der Waals surface area contributed by atoms with Gasteiger partial charge in [0.1, 0.15) is 0 Å². The average molecular weight is 588 g/mol. The van der Waals surface area contributed by atoms with Crippen molar-refractivity contribution in [2.24, 2.45) is 0 Å². The summed E-state index contributed by atoms with van der Waals surface area (Å²) >= 11 is 7.57. The first-order valence-corrected chi connectivity index (χ1v) is 13.8. The Hall–Kier alpha value is -2.16. The predicted molar refractivity (Wildman–Crippen MR) is 157 cm³/mol. The van der Waals surface area contributed by atoms with Gasteiger partial charge in [0.15, 0.2) is 0 Å². The van der Waals surface area contributed by atoms with Gasteiger partial charge in [0.2, 0.25) is 0 Å². The average Bonchev–Trinajstić information content (AvgIpc) is 3.08. The third kappa shape index (κ3) is 4.03. The van der Waals surface area contributed by atoms with Crippen molar-refractivity contribution in [1.82, 2.24) is 0 Å². The fourth-order valence-corrected chi connectivity index (χ4v) is 6.29. The molecule has 1 aliphatic rings. The molecule has 0 aliphatic heterocycles. The molecule has 0 radical (unpaired) electrons. The molecule has 0 heterocycles. The third-order valence-electron chi connectivity index (χ3n) is 7.38. The Balaban J connectivity index is 1.99. The molecule has 1 aliphatic carbocycles. The summed E-state index contributed by atoms with van der Waals surface area (Å²) in [4.78, 5) is 0. The second-order valence-electron chi connectivity index (χ2n) is 11.8. The number of fused-ring (bicyclic) bond motifs is 3. The minimum absolute atomic E-state index is 0.0562. The van der Waals surface area contributed by atoms with Gasteiger partial charge in [0, 0.05) is 8.95 Å². The molecule has 5 rings (SSSR count). The van der Waals surface area contributed by atoms with Crippen molar-refractivity contribution in [1.29, 1.82) is 0 Å². The largest absolute Gasteiger partial charge is 0.0714 e. The molecule has 0 atom stereocenters. The lowest BCUT2D eigenvalue weighted by molar-refractivity contribution is 0.586. The lowest BCUT2D eigenvalue weighted by Gasteiger charge is -2.35. The van der Waals surface area contributed by atoms with E-state index in [4.69, 9.17) is 0 Å². The molecule has 4 aromatic rings. The van der Waals surface area contributed by atoms with Gasteiger partial charge in [-0.3, -0.25) is 0 Å². The van der Waals surface area contributed by atoms with Gasteiger partial charge >= 0.3 is 0 Å². The summed E-state index contributed by atoms with van der Waals surface area (Å²) in [5, 5.41) is 0. The Kier molecular flexibility index (Phi) is 5.93. The topological polar surface area (TPSA) is 0 Å². The maximum absolute atomic E-state index is 3.78. The quantitative estimate of drug-likeness (QED) is 0.193. The molecule has 0 nitrogen and oxygen atoms in total. The number of halogens is 2. The van der Waals surface area contributed by atoms with Crippen molar-refractivity contribution in [3.05, 3.63) is 127 Å². The Morgan fingerprint density at radius 1 is 0.514 bits per heavy atom. The molecular weight excluding hydrogens is 556 g/mol. The minimum atomic E-state index is -0.416. The first-order valence-electron chi connectivity index (χ1n) is 12.2. The van der Waals surface area contributed by atoms with Crippen LogP contribution in [0.3, 0.4) is 0 Å². The van der Waals surface area contributed by atoms with Crippen LogP contribution in [0.5, 0.6) is 0 Å². The van der Waals surface area contributed by atoms with E-state index in [1.54, 1.807) is 0 Å². The Labute approximate surface area is 227 Å². The van der Waals surface area contributed by atoms with Crippen molar-refractivity contribution in [3.63, 3.8) is 0 Å². The molecule has 0 N–H and O–H groups in total. The Bertz CT molecular complexity index is 1320. The first kappa shape index (κ1) is 24.5. The summed E-state index contributed by atoms with van der Waals surface area (Å²) in [5.74, 6) is 0. The van der Waals surface area contributed by atoms with Crippen molar-refractivity contribution in [2.75, 3.05) is 0 Å². The molecule has 35 heavy (non-hydrogen) atoms. The van der Waals surface area contributed by atoms with Crippen LogP contribution in [0.15, 0.2) is 93.9 Å². The number of rotatable bonds is 2. The maximum Gasteiger partial charge on any atom is 0.0714 e. The van der Waals surface area contributed by atoms with Crippen LogP contribution in [-0.4, -0.2) is 0 Å². The fraction of sp³-hybridized carbons (Fsp3) is 0.273. The zero-order valence-corrected chi connectivity index (χ0v) is 24.5. The van der Waals surface area contributed by atoms with E-state index in [1.165, 1.54) is 44.5 Å². The van der Waals surface area contributed by atoms with Crippen LogP contribution in [0.4, 0.5) is 0 Å². The number of hydrogen-bond acceptors (Lipinski definition) is 0. The summed E-state index contributed by atoms with van der Waals surface area (Å²) in [6.07, 6.45) is 0. The molecule has 0 saturated carbocycles. The number of hydrogen-bond donors (Lipinski definition) is 0. The van der Waals surface area contributed by atoms with Crippen LogP contribution in [0, 0.1) is 0 Å². The van der Waals surface area contributed by atoms with Crippen LogP contribution in [0.1, 0.15) is 74.9 Å². The van der Waals surface area contributed by atoms with Crippen LogP contribution >= 0.6 is 31.9 Å². The van der Waals surface area contributed by atoms with Gasteiger partial charge in [0.25, 0.3) is 0 Å². The summed E-state index contributed by atoms with van der Waals surface area (Å²) < 4.78 is 2.19. The monoisotopic (exact) mass is 586 g/mol. The van der Waals surface area contributed by atoms with Gasteiger partial charge < -0.3 is 0 Å². The lowest BCUT2D eigenvalue weighted by Crippen LogP contribution is -2.29. The highest BCUT2D eigenvalue weighted by Crippen LogP contribution is 2.57. The molecule has 0 amide bonds. The van der Waals surface area contributed by atoms with E-state index < -0.39 is 5.41 Å². The van der Waals surface area contributed by atoms with Crippen LogP contribution in [-0.2, 0) is 16.2 Å². The maximum atomic E-state index is 3.78. The van der Waals surface area contributed by atoms with Gasteiger partial charge in [0.05, 0.1) is 5.41 Å².